The van der Waals surface area contributed by atoms with Gasteiger partial charge in [-0.15, -0.1) is 0 Å². The predicted octanol–water partition coefficient (Wildman–Crippen LogP) is 3.04. The largest absolute Gasteiger partial charge is 0.330 e. The maximum absolute atomic E-state index is 6.03. The Hall–Kier alpha value is -0.0400. The molecule has 2 rings (SSSR count). The smallest absolute Gasteiger partial charge is 0.00121 e. The molecule has 0 amide bonds. The van der Waals surface area contributed by atoms with Crippen LogP contribution in [0.3, 0.4) is 0 Å². The molecule has 2 fully saturated rings. The Bertz CT molecular complexity index is 261. The Morgan fingerprint density at radius 2 is 1.36 bits per heavy atom. The molecule has 82 valence electrons. The van der Waals surface area contributed by atoms with Gasteiger partial charge in [-0.05, 0) is 40.5 Å². The first-order chi connectivity index (χ1) is 6.13. The summed E-state index contributed by atoms with van der Waals surface area (Å²) in [5, 5.41) is 0. The average molecular weight is 195 g/mol. The number of hydrogen-bond donors (Lipinski definition) is 1. The molecule has 1 atom stereocenters. The molecule has 1 unspecified atom stereocenters. The number of rotatable bonds is 2. The standard InChI is InChI=1S/C13H25N/c1-10(2)7-13(10,8-14)9-11(3,4)12(9,5)6/h9H,7-8,14H2,1-6H3. The highest BCUT2D eigenvalue weighted by molar-refractivity contribution is 5.28. The van der Waals surface area contributed by atoms with Crippen molar-refractivity contribution >= 4 is 0 Å². The summed E-state index contributed by atoms with van der Waals surface area (Å²) in [5.41, 5.74) is 7.93. The van der Waals surface area contributed by atoms with Gasteiger partial charge < -0.3 is 5.73 Å². The summed E-state index contributed by atoms with van der Waals surface area (Å²) in [6.07, 6.45) is 1.33. The van der Waals surface area contributed by atoms with Crippen LogP contribution in [0.2, 0.25) is 0 Å². The van der Waals surface area contributed by atoms with Gasteiger partial charge in [0.1, 0.15) is 0 Å². The van der Waals surface area contributed by atoms with Crippen molar-refractivity contribution in [1.82, 2.24) is 0 Å². The zero-order chi connectivity index (χ0) is 11.0. The maximum atomic E-state index is 6.03. The Morgan fingerprint density at radius 3 is 1.43 bits per heavy atom. The molecule has 0 heterocycles. The summed E-state index contributed by atoms with van der Waals surface area (Å²) in [6, 6.07) is 0. The fourth-order valence-electron chi connectivity index (χ4n) is 4.28. The van der Waals surface area contributed by atoms with Crippen molar-refractivity contribution in [2.75, 3.05) is 6.54 Å². The zero-order valence-electron chi connectivity index (χ0n) is 10.6. The lowest BCUT2D eigenvalue weighted by Crippen LogP contribution is -2.26. The van der Waals surface area contributed by atoms with E-state index in [4.69, 9.17) is 5.73 Å². The van der Waals surface area contributed by atoms with E-state index in [2.05, 4.69) is 41.5 Å². The molecule has 2 N–H and O–H groups in total. The zero-order valence-corrected chi connectivity index (χ0v) is 10.6. The van der Waals surface area contributed by atoms with Crippen LogP contribution in [0.15, 0.2) is 0 Å². The Morgan fingerprint density at radius 1 is 1.00 bits per heavy atom. The van der Waals surface area contributed by atoms with Crippen LogP contribution in [0.5, 0.6) is 0 Å². The van der Waals surface area contributed by atoms with Crippen LogP contribution in [-0.4, -0.2) is 6.54 Å². The van der Waals surface area contributed by atoms with Gasteiger partial charge in [-0.25, -0.2) is 0 Å². The summed E-state index contributed by atoms with van der Waals surface area (Å²) < 4.78 is 0. The van der Waals surface area contributed by atoms with Crippen LogP contribution in [0, 0.1) is 27.6 Å². The average Bonchev–Trinajstić information content (AvgIpc) is 2.66. The highest BCUT2D eigenvalue weighted by atomic mass is 14.9. The molecule has 0 saturated heterocycles. The SMILES string of the molecule is CC1(C)CC1(CN)C1C(C)(C)C1(C)C. The number of nitrogens with two attached hydrogens (primary N) is 1. The van der Waals surface area contributed by atoms with Gasteiger partial charge in [0, 0.05) is 0 Å². The van der Waals surface area contributed by atoms with Gasteiger partial charge in [0.05, 0.1) is 0 Å². The molecular formula is C13H25N. The van der Waals surface area contributed by atoms with Crippen molar-refractivity contribution in [3.05, 3.63) is 0 Å². The molecule has 0 aliphatic heterocycles. The summed E-state index contributed by atoms with van der Waals surface area (Å²) in [6.45, 7) is 15.3. The van der Waals surface area contributed by atoms with E-state index < -0.39 is 0 Å². The summed E-state index contributed by atoms with van der Waals surface area (Å²) in [5.74, 6) is 0.822. The van der Waals surface area contributed by atoms with Gasteiger partial charge in [0.15, 0.2) is 0 Å². The fourth-order valence-corrected chi connectivity index (χ4v) is 4.28. The molecule has 2 saturated carbocycles. The Balaban J connectivity index is 2.28. The molecule has 0 aromatic heterocycles. The minimum Gasteiger partial charge on any atom is -0.330 e. The van der Waals surface area contributed by atoms with E-state index in [9.17, 15) is 0 Å². The first kappa shape index (κ1) is 10.5. The molecule has 0 radical (unpaired) electrons. The molecule has 1 nitrogen and oxygen atoms in total. The van der Waals surface area contributed by atoms with Crippen LogP contribution < -0.4 is 5.73 Å². The third kappa shape index (κ3) is 0.856. The van der Waals surface area contributed by atoms with E-state index in [1.54, 1.807) is 0 Å². The van der Waals surface area contributed by atoms with Crippen LogP contribution >= 0.6 is 0 Å². The number of hydrogen-bond acceptors (Lipinski definition) is 1. The van der Waals surface area contributed by atoms with Gasteiger partial charge in [-0.3, -0.25) is 0 Å². The Labute approximate surface area is 88.4 Å². The molecule has 2 aliphatic rings. The molecule has 0 spiro atoms. The lowest BCUT2D eigenvalue weighted by molar-refractivity contribution is 0.291. The minimum atomic E-state index is 0.444. The second-order valence-corrected chi connectivity index (χ2v) is 7.30. The van der Waals surface area contributed by atoms with Crippen LogP contribution in [-0.2, 0) is 0 Å². The van der Waals surface area contributed by atoms with Crippen molar-refractivity contribution in [2.24, 2.45) is 33.3 Å². The monoisotopic (exact) mass is 195 g/mol. The fraction of sp³-hybridized carbons (Fsp3) is 1.00. The molecule has 1 heteroatoms. The summed E-state index contributed by atoms with van der Waals surface area (Å²) >= 11 is 0. The first-order valence-corrected chi connectivity index (χ1v) is 5.83. The van der Waals surface area contributed by atoms with Gasteiger partial charge in [-0.1, -0.05) is 41.5 Å². The quantitative estimate of drug-likeness (QED) is 0.720. The molecule has 0 aromatic rings. The first-order valence-electron chi connectivity index (χ1n) is 5.83. The predicted molar refractivity (Wildman–Crippen MR) is 60.9 cm³/mol. The second-order valence-electron chi connectivity index (χ2n) is 7.30. The van der Waals surface area contributed by atoms with E-state index in [0.717, 1.165) is 12.5 Å². The second kappa shape index (κ2) is 2.21. The van der Waals surface area contributed by atoms with Crippen molar-refractivity contribution in [1.29, 1.82) is 0 Å². The normalized spacial score (nSPS) is 42.2. The van der Waals surface area contributed by atoms with Gasteiger partial charge in [-0.2, -0.15) is 0 Å². The molecule has 0 bridgehead atoms. The topological polar surface area (TPSA) is 26.0 Å². The van der Waals surface area contributed by atoms with Crippen LogP contribution in [0.1, 0.15) is 48.0 Å². The van der Waals surface area contributed by atoms with E-state index in [1.807, 2.05) is 0 Å². The van der Waals surface area contributed by atoms with Crippen molar-refractivity contribution < 1.29 is 0 Å². The van der Waals surface area contributed by atoms with E-state index >= 15 is 0 Å². The van der Waals surface area contributed by atoms with Gasteiger partial charge in [0.2, 0.25) is 0 Å². The maximum Gasteiger partial charge on any atom is -0.00121 e. The van der Waals surface area contributed by atoms with Crippen molar-refractivity contribution in [3.8, 4) is 0 Å². The van der Waals surface area contributed by atoms with E-state index in [0.29, 0.717) is 21.7 Å². The summed E-state index contributed by atoms with van der Waals surface area (Å²) in [7, 11) is 0. The van der Waals surface area contributed by atoms with E-state index in [1.165, 1.54) is 6.42 Å². The highest BCUT2D eigenvalue weighted by Gasteiger charge is 2.79. The van der Waals surface area contributed by atoms with Crippen molar-refractivity contribution in [2.45, 2.75) is 48.0 Å². The Kier molecular flexibility index (Phi) is 1.65. The highest BCUT2D eigenvalue weighted by Crippen LogP contribution is 2.84. The van der Waals surface area contributed by atoms with Crippen LogP contribution in [0.25, 0.3) is 0 Å². The van der Waals surface area contributed by atoms with Crippen LogP contribution in [0.4, 0.5) is 0 Å². The van der Waals surface area contributed by atoms with E-state index in [-0.39, 0.29) is 0 Å². The molecule has 14 heavy (non-hydrogen) atoms. The third-order valence-corrected chi connectivity index (χ3v) is 5.92. The molecule has 0 aromatic carbocycles. The lowest BCUT2D eigenvalue weighted by atomic mass is 9.86. The lowest BCUT2D eigenvalue weighted by Gasteiger charge is -2.21. The summed E-state index contributed by atoms with van der Waals surface area (Å²) in [4.78, 5) is 0. The minimum absolute atomic E-state index is 0.444. The molecule has 2 aliphatic carbocycles. The van der Waals surface area contributed by atoms with Gasteiger partial charge >= 0.3 is 0 Å². The third-order valence-electron chi connectivity index (χ3n) is 5.92. The molecular weight excluding hydrogens is 170 g/mol. The van der Waals surface area contributed by atoms with Crippen molar-refractivity contribution in [3.63, 3.8) is 0 Å². The van der Waals surface area contributed by atoms with Gasteiger partial charge in [0.25, 0.3) is 0 Å².